The summed E-state index contributed by atoms with van der Waals surface area (Å²) in [7, 11) is 0. The lowest BCUT2D eigenvalue weighted by molar-refractivity contribution is 0.667. The molecule has 1 aromatic rings. The molecular weight excluding hydrogens is 264 g/mol. The van der Waals surface area contributed by atoms with Gasteiger partial charge in [-0.3, -0.25) is 0 Å². The number of hydrogen-bond acceptors (Lipinski definition) is 1. The highest BCUT2D eigenvalue weighted by molar-refractivity contribution is 7.80. The van der Waals surface area contributed by atoms with Crippen molar-refractivity contribution in [2.24, 2.45) is 0 Å². The van der Waals surface area contributed by atoms with Crippen LogP contribution in [0.2, 0.25) is 0 Å². The molecule has 1 aromatic carbocycles. The molecule has 0 spiro atoms. The number of aryl methyl sites for hydroxylation is 1. The Bertz CT molecular complexity index is 462. The van der Waals surface area contributed by atoms with Crippen molar-refractivity contribution in [2.45, 2.75) is 45.6 Å². The molecule has 2 nitrogen and oxygen atoms in total. The quantitative estimate of drug-likeness (QED) is 0.636. The van der Waals surface area contributed by atoms with Gasteiger partial charge in [0.2, 0.25) is 0 Å². The number of benzene rings is 1. The predicted octanol–water partition coefficient (Wildman–Crippen LogP) is 3.85. The van der Waals surface area contributed by atoms with Crippen LogP contribution in [-0.2, 0) is 6.54 Å². The molecule has 0 bridgehead atoms. The molecule has 0 aliphatic heterocycles. The summed E-state index contributed by atoms with van der Waals surface area (Å²) in [6.45, 7) is 3.82. The van der Waals surface area contributed by atoms with Crippen LogP contribution in [0, 0.1) is 6.92 Å². The van der Waals surface area contributed by atoms with Gasteiger partial charge in [0.15, 0.2) is 5.11 Å². The van der Waals surface area contributed by atoms with E-state index in [1.54, 1.807) is 5.57 Å². The van der Waals surface area contributed by atoms with Crippen molar-refractivity contribution in [1.29, 1.82) is 0 Å². The Kier molecular flexibility index (Phi) is 6.06. The molecule has 0 unspecified atom stereocenters. The first kappa shape index (κ1) is 15.0. The Labute approximate surface area is 127 Å². The van der Waals surface area contributed by atoms with Crippen LogP contribution < -0.4 is 10.6 Å². The van der Waals surface area contributed by atoms with Gasteiger partial charge in [0.05, 0.1) is 0 Å². The van der Waals surface area contributed by atoms with E-state index in [1.165, 1.54) is 36.8 Å². The monoisotopic (exact) mass is 288 g/mol. The first-order valence-electron chi connectivity index (χ1n) is 7.49. The first-order chi connectivity index (χ1) is 9.74. The Morgan fingerprint density at radius 2 is 1.95 bits per heavy atom. The smallest absolute Gasteiger partial charge is 0.166 e. The zero-order valence-corrected chi connectivity index (χ0v) is 13.1. The minimum atomic E-state index is 0.752. The second-order valence-electron chi connectivity index (χ2n) is 5.45. The van der Waals surface area contributed by atoms with E-state index in [2.05, 4.69) is 47.9 Å². The number of nitrogens with one attached hydrogen (secondary N) is 2. The summed E-state index contributed by atoms with van der Waals surface area (Å²) in [5.41, 5.74) is 4.13. The summed E-state index contributed by atoms with van der Waals surface area (Å²) in [5.74, 6) is 0. The van der Waals surface area contributed by atoms with Gasteiger partial charge in [0.1, 0.15) is 0 Å². The zero-order chi connectivity index (χ0) is 14.2. The fraction of sp³-hybridized carbons (Fsp3) is 0.471. The van der Waals surface area contributed by atoms with Crippen LogP contribution in [0.5, 0.6) is 0 Å². The molecule has 0 saturated carbocycles. The van der Waals surface area contributed by atoms with Gasteiger partial charge in [-0.25, -0.2) is 0 Å². The van der Waals surface area contributed by atoms with E-state index in [9.17, 15) is 0 Å². The summed E-state index contributed by atoms with van der Waals surface area (Å²) >= 11 is 5.30. The molecule has 0 atom stereocenters. The maximum atomic E-state index is 5.30. The van der Waals surface area contributed by atoms with Gasteiger partial charge in [0, 0.05) is 13.1 Å². The molecule has 1 aliphatic carbocycles. The molecule has 108 valence electrons. The topological polar surface area (TPSA) is 24.1 Å². The van der Waals surface area contributed by atoms with Crippen molar-refractivity contribution in [3.63, 3.8) is 0 Å². The number of rotatable bonds is 5. The highest BCUT2D eigenvalue weighted by Gasteiger charge is 2.03. The van der Waals surface area contributed by atoms with Crippen molar-refractivity contribution >= 4 is 17.3 Å². The van der Waals surface area contributed by atoms with Crippen LogP contribution in [0.1, 0.15) is 43.2 Å². The van der Waals surface area contributed by atoms with Gasteiger partial charge in [0.25, 0.3) is 0 Å². The SMILES string of the molecule is Cc1ccc(CNC(=S)NCCC2=CCCCC2)cc1. The molecule has 1 aliphatic rings. The molecule has 0 heterocycles. The fourth-order valence-corrected chi connectivity index (χ4v) is 2.59. The summed E-state index contributed by atoms with van der Waals surface area (Å²) in [5, 5.41) is 7.30. The van der Waals surface area contributed by atoms with E-state index in [0.29, 0.717) is 0 Å². The summed E-state index contributed by atoms with van der Waals surface area (Å²) in [6, 6.07) is 8.53. The average Bonchev–Trinajstić information content (AvgIpc) is 2.48. The highest BCUT2D eigenvalue weighted by Crippen LogP contribution is 2.19. The molecule has 2 N–H and O–H groups in total. The van der Waals surface area contributed by atoms with Crippen LogP contribution in [0.15, 0.2) is 35.9 Å². The van der Waals surface area contributed by atoms with Gasteiger partial charge in [-0.15, -0.1) is 0 Å². The van der Waals surface area contributed by atoms with E-state index < -0.39 is 0 Å². The Hall–Kier alpha value is -1.35. The van der Waals surface area contributed by atoms with Crippen molar-refractivity contribution in [1.82, 2.24) is 10.6 Å². The number of thiocarbonyl (C=S) groups is 1. The molecular formula is C17H24N2S. The van der Waals surface area contributed by atoms with Gasteiger partial charge >= 0.3 is 0 Å². The van der Waals surface area contributed by atoms with E-state index in [4.69, 9.17) is 12.2 Å². The van der Waals surface area contributed by atoms with E-state index in [0.717, 1.165) is 24.6 Å². The third-order valence-corrected chi connectivity index (χ3v) is 3.98. The number of hydrogen-bond donors (Lipinski definition) is 2. The van der Waals surface area contributed by atoms with E-state index in [-0.39, 0.29) is 0 Å². The predicted molar refractivity (Wildman–Crippen MR) is 89.8 cm³/mol. The van der Waals surface area contributed by atoms with E-state index >= 15 is 0 Å². The van der Waals surface area contributed by atoms with Gasteiger partial charge in [-0.1, -0.05) is 41.5 Å². The molecule has 0 saturated heterocycles. The molecule has 0 amide bonds. The second-order valence-corrected chi connectivity index (χ2v) is 5.86. The zero-order valence-electron chi connectivity index (χ0n) is 12.2. The van der Waals surface area contributed by atoms with Crippen LogP contribution in [-0.4, -0.2) is 11.7 Å². The molecule has 2 rings (SSSR count). The van der Waals surface area contributed by atoms with Crippen molar-refractivity contribution in [3.8, 4) is 0 Å². The van der Waals surface area contributed by atoms with Crippen molar-refractivity contribution in [3.05, 3.63) is 47.0 Å². The highest BCUT2D eigenvalue weighted by atomic mass is 32.1. The largest absolute Gasteiger partial charge is 0.362 e. The lowest BCUT2D eigenvalue weighted by atomic mass is 9.97. The first-order valence-corrected chi connectivity index (χ1v) is 7.90. The standard InChI is InChI=1S/C17H24N2S/c1-14-7-9-16(10-8-14)13-19-17(20)18-12-11-15-5-3-2-4-6-15/h5,7-10H,2-4,6,11-13H2,1H3,(H2,18,19,20). The summed E-state index contributed by atoms with van der Waals surface area (Å²) in [4.78, 5) is 0. The lowest BCUT2D eigenvalue weighted by Gasteiger charge is -2.14. The Morgan fingerprint density at radius 3 is 2.65 bits per heavy atom. The van der Waals surface area contributed by atoms with Gasteiger partial charge < -0.3 is 10.6 Å². The Morgan fingerprint density at radius 1 is 1.15 bits per heavy atom. The fourth-order valence-electron chi connectivity index (χ4n) is 2.42. The Balaban J connectivity index is 1.62. The normalized spacial score (nSPS) is 14.6. The summed E-state index contributed by atoms with van der Waals surface area (Å²) < 4.78 is 0. The third-order valence-electron chi connectivity index (χ3n) is 3.69. The van der Waals surface area contributed by atoms with Gasteiger partial charge in [-0.05, 0) is 56.8 Å². The van der Waals surface area contributed by atoms with Crippen LogP contribution in [0.3, 0.4) is 0 Å². The molecule has 20 heavy (non-hydrogen) atoms. The van der Waals surface area contributed by atoms with Crippen LogP contribution in [0.25, 0.3) is 0 Å². The lowest BCUT2D eigenvalue weighted by Crippen LogP contribution is -2.35. The molecule has 0 radical (unpaired) electrons. The van der Waals surface area contributed by atoms with Gasteiger partial charge in [-0.2, -0.15) is 0 Å². The molecule has 0 aromatic heterocycles. The molecule has 0 fully saturated rings. The second kappa shape index (κ2) is 8.05. The van der Waals surface area contributed by atoms with E-state index in [1.807, 2.05) is 0 Å². The van der Waals surface area contributed by atoms with Crippen LogP contribution >= 0.6 is 12.2 Å². The third kappa shape index (κ3) is 5.33. The minimum absolute atomic E-state index is 0.752. The van der Waals surface area contributed by atoms with Crippen molar-refractivity contribution < 1.29 is 0 Å². The van der Waals surface area contributed by atoms with Crippen LogP contribution in [0.4, 0.5) is 0 Å². The summed E-state index contributed by atoms with van der Waals surface area (Å²) in [6.07, 6.45) is 8.74. The maximum absolute atomic E-state index is 5.30. The number of allylic oxidation sites excluding steroid dienone is 1. The van der Waals surface area contributed by atoms with Crippen molar-refractivity contribution in [2.75, 3.05) is 6.54 Å². The maximum Gasteiger partial charge on any atom is 0.166 e. The average molecular weight is 288 g/mol. The molecule has 3 heteroatoms. The minimum Gasteiger partial charge on any atom is -0.362 e.